The van der Waals surface area contributed by atoms with E-state index in [9.17, 15) is 5.11 Å². The van der Waals surface area contributed by atoms with Gasteiger partial charge in [-0.25, -0.2) is 0 Å². The molecule has 0 aromatic heterocycles. The molecule has 1 aromatic carbocycles. The van der Waals surface area contributed by atoms with Crippen molar-refractivity contribution >= 4 is 0 Å². The van der Waals surface area contributed by atoms with Crippen molar-refractivity contribution in [3.63, 3.8) is 0 Å². The van der Waals surface area contributed by atoms with Crippen LogP contribution >= 0.6 is 0 Å². The van der Waals surface area contributed by atoms with Crippen LogP contribution in [0.1, 0.15) is 44.7 Å². The average Bonchev–Trinajstić information content (AvgIpc) is 3.13. The minimum absolute atomic E-state index is 0.409. The number of rotatable bonds is 4. The quantitative estimate of drug-likeness (QED) is 0.905. The topological polar surface area (TPSA) is 23.5 Å². The van der Waals surface area contributed by atoms with Crippen molar-refractivity contribution in [3.05, 3.63) is 29.3 Å². The zero-order chi connectivity index (χ0) is 14.3. The molecular weight excluding hydrogens is 246 g/mol. The average molecular weight is 273 g/mol. The van der Waals surface area contributed by atoms with E-state index in [0.717, 1.165) is 19.4 Å². The van der Waals surface area contributed by atoms with Crippen molar-refractivity contribution in [2.24, 2.45) is 11.3 Å². The van der Waals surface area contributed by atoms with Crippen LogP contribution in [0, 0.1) is 11.3 Å². The van der Waals surface area contributed by atoms with Gasteiger partial charge in [0.05, 0.1) is 0 Å². The molecule has 2 aliphatic carbocycles. The zero-order valence-electron chi connectivity index (χ0n) is 13.0. The molecule has 2 heteroatoms. The Balaban J connectivity index is 1.78. The van der Waals surface area contributed by atoms with Gasteiger partial charge in [-0.3, -0.25) is 4.90 Å². The van der Waals surface area contributed by atoms with Crippen molar-refractivity contribution in [1.29, 1.82) is 0 Å². The van der Waals surface area contributed by atoms with Gasteiger partial charge in [0, 0.05) is 12.6 Å². The molecule has 0 heterocycles. The van der Waals surface area contributed by atoms with E-state index in [1.807, 2.05) is 12.1 Å². The van der Waals surface area contributed by atoms with Crippen LogP contribution in [-0.4, -0.2) is 29.1 Å². The smallest absolute Gasteiger partial charge is 0.115 e. The number of aromatic hydroxyl groups is 1. The Labute approximate surface area is 122 Å². The molecule has 0 aliphatic heterocycles. The van der Waals surface area contributed by atoms with Gasteiger partial charge in [0.25, 0.3) is 0 Å². The van der Waals surface area contributed by atoms with Gasteiger partial charge in [0.15, 0.2) is 0 Å². The van der Waals surface area contributed by atoms with Gasteiger partial charge in [0.2, 0.25) is 0 Å². The van der Waals surface area contributed by atoms with Crippen molar-refractivity contribution in [2.75, 3.05) is 13.1 Å². The number of hydrogen-bond acceptors (Lipinski definition) is 2. The van der Waals surface area contributed by atoms with Crippen molar-refractivity contribution in [3.8, 4) is 5.75 Å². The van der Waals surface area contributed by atoms with Gasteiger partial charge < -0.3 is 5.11 Å². The summed E-state index contributed by atoms with van der Waals surface area (Å²) in [7, 11) is 0. The van der Waals surface area contributed by atoms with Gasteiger partial charge in [-0.1, -0.05) is 26.8 Å². The number of nitrogens with zero attached hydrogens (tertiary/aromatic N) is 1. The first-order chi connectivity index (χ1) is 9.50. The van der Waals surface area contributed by atoms with Crippen LogP contribution in [0.25, 0.3) is 0 Å². The maximum atomic E-state index is 9.65. The Morgan fingerprint density at radius 2 is 2.00 bits per heavy atom. The van der Waals surface area contributed by atoms with Crippen LogP contribution in [0.3, 0.4) is 0 Å². The summed E-state index contributed by atoms with van der Waals surface area (Å²) in [6.45, 7) is 9.50. The lowest BCUT2D eigenvalue weighted by atomic mass is 9.80. The van der Waals surface area contributed by atoms with Crippen LogP contribution in [0.2, 0.25) is 0 Å². The molecule has 1 aromatic rings. The fraction of sp³-hybridized carbons (Fsp3) is 0.667. The minimum Gasteiger partial charge on any atom is -0.508 e. The fourth-order valence-corrected chi connectivity index (χ4v) is 3.73. The number of benzene rings is 1. The molecule has 0 spiro atoms. The number of likely N-dealkylation sites (N-methyl/N-ethyl adjacent to an activating group) is 1. The number of fused-ring (bicyclic) bond motifs is 1. The second kappa shape index (κ2) is 5.07. The number of phenolic OH excluding ortho intramolecular Hbond substituents is 1. The van der Waals surface area contributed by atoms with Gasteiger partial charge >= 0.3 is 0 Å². The molecule has 20 heavy (non-hydrogen) atoms. The van der Waals surface area contributed by atoms with E-state index in [2.05, 4.69) is 31.7 Å². The Bertz CT molecular complexity index is 492. The molecule has 110 valence electrons. The van der Waals surface area contributed by atoms with E-state index in [1.165, 1.54) is 30.5 Å². The van der Waals surface area contributed by atoms with Gasteiger partial charge in [-0.2, -0.15) is 0 Å². The lowest BCUT2D eigenvalue weighted by molar-refractivity contribution is 0.122. The summed E-state index contributed by atoms with van der Waals surface area (Å²) in [5, 5.41) is 9.65. The molecule has 0 amide bonds. The molecule has 0 bridgehead atoms. The minimum atomic E-state index is 0.409. The van der Waals surface area contributed by atoms with Crippen LogP contribution in [0.15, 0.2) is 18.2 Å². The Morgan fingerprint density at radius 1 is 1.25 bits per heavy atom. The Hall–Kier alpha value is -1.02. The third kappa shape index (κ3) is 2.71. The molecule has 1 N–H and O–H groups in total. The molecule has 0 radical (unpaired) electrons. The monoisotopic (exact) mass is 273 g/mol. The van der Waals surface area contributed by atoms with Crippen LogP contribution in [-0.2, 0) is 12.8 Å². The van der Waals surface area contributed by atoms with Gasteiger partial charge in [0.1, 0.15) is 5.75 Å². The maximum absolute atomic E-state index is 9.65. The fourth-order valence-electron chi connectivity index (χ4n) is 3.73. The third-order valence-corrected chi connectivity index (χ3v) is 5.38. The van der Waals surface area contributed by atoms with E-state index >= 15 is 0 Å². The maximum Gasteiger partial charge on any atom is 0.115 e. The molecule has 1 saturated carbocycles. The summed E-state index contributed by atoms with van der Waals surface area (Å²) in [6.07, 6.45) is 5.03. The summed E-state index contributed by atoms with van der Waals surface area (Å²) < 4.78 is 0. The zero-order valence-corrected chi connectivity index (χ0v) is 13.0. The lowest BCUT2D eigenvalue weighted by Crippen LogP contribution is -2.46. The number of phenols is 1. The Kier molecular flexibility index (Phi) is 3.53. The van der Waals surface area contributed by atoms with Crippen LogP contribution in [0.4, 0.5) is 0 Å². The molecule has 2 unspecified atom stereocenters. The number of hydrogen-bond donors (Lipinski definition) is 1. The first kappa shape index (κ1) is 13.9. The lowest BCUT2D eigenvalue weighted by Gasteiger charge is -2.40. The molecule has 2 aliphatic rings. The predicted molar refractivity (Wildman–Crippen MR) is 83.1 cm³/mol. The van der Waals surface area contributed by atoms with Crippen LogP contribution in [0.5, 0.6) is 5.75 Å². The second-order valence-corrected chi connectivity index (χ2v) is 7.28. The van der Waals surface area contributed by atoms with Gasteiger partial charge in [-0.15, -0.1) is 0 Å². The highest BCUT2D eigenvalue weighted by Gasteiger charge is 2.41. The van der Waals surface area contributed by atoms with Crippen molar-refractivity contribution < 1.29 is 5.11 Å². The van der Waals surface area contributed by atoms with E-state index in [-0.39, 0.29) is 0 Å². The molecule has 1 fully saturated rings. The first-order valence-corrected chi connectivity index (χ1v) is 8.05. The summed E-state index contributed by atoms with van der Waals surface area (Å²) >= 11 is 0. The third-order valence-electron chi connectivity index (χ3n) is 5.38. The molecular formula is C18H27NO. The SMILES string of the molecule is CCN(CC1(C)CC1)C1Cc2ccc(O)cc2CC1C. The highest BCUT2D eigenvalue weighted by molar-refractivity contribution is 5.37. The standard InChI is InChI=1S/C18H27NO/c1-4-19(12-18(3)7-8-18)17-11-14-5-6-16(20)10-15(14)9-13(17)2/h5-6,10,13,17,20H,4,7-9,11-12H2,1-3H3. The predicted octanol–water partition coefficient (Wildman–Crippen LogP) is 3.62. The van der Waals surface area contributed by atoms with Crippen molar-refractivity contribution in [1.82, 2.24) is 4.90 Å². The van der Waals surface area contributed by atoms with E-state index in [1.54, 1.807) is 0 Å². The summed E-state index contributed by atoms with van der Waals surface area (Å²) in [5.74, 6) is 1.08. The van der Waals surface area contributed by atoms with Crippen LogP contribution < -0.4 is 0 Å². The molecule has 2 nitrogen and oxygen atoms in total. The first-order valence-electron chi connectivity index (χ1n) is 8.05. The van der Waals surface area contributed by atoms with E-state index in [0.29, 0.717) is 23.1 Å². The normalized spacial score (nSPS) is 27.4. The summed E-state index contributed by atoms with van der Waals surface area (Å²) in [4.78, 5) is 2.70. The largest absolute Gasteiger partial charge is 0.508 e. The van der Waals surface area contributed by atoms with Gasteiger partial charge in [-0.05, 0) is 66.8 Å². The molecule has 3 rings (SSSR count). The Morgan fingerprint density at radius 3 is 2.65 bits per heavy atom. The highest BCUT2D eigenvalue weighted by Crippen LogP contribution is 2.46. The highest BCUT2D eigenvalue weighted by atomic mass is 16.3. The van der Waals surface area contributed by atoms with E-state index < -0.39 is 0 Å². The molecule has 0 saturated heterocycles. The van der Waals surface area contributed by atoms with E-state index in [4.69, 9.17) is 0 Å². The second-order valence-electron chi connectivity index (χ2n) is 7.28. The molecule has 2 atom stereocenters. The summed E-state index contributed by atoms with van der Waals surface area (Å²) in [5.41, 5.74) is 3.37. The summed E-state index contributed by atoms with van der Waals surface area (Å²) in [6, 6.07) is 6.58. The van der Waals surface area contributed by atoms with Crippen molar-refractivity contribution in [2.45, 2.75) is 52.5 Å².